The lowest BCUT2D eigenvalue weighted by atomic mass is 9.96. The van der Waals surface area contributed by atoms with E-state index in [1.165, 1.54) is 37.2 Å². The summed E-state index contributed by atoms with van der Waals surface area (Å²) in [6, 6.07) is 0. The zero-order chi connectivity index (χ0) is 21.0. The van der Waals surface area contributed by atoms with Gasteiger partial charge in [-0.3, -0.25) is 9.59 Å². The van der Waals surface area contributed by atoms with Gasteiger partial charge in [0.15, 0.2) is 0 Å². The van der Waals surface area contributed by atoms with E-state index in [0.29, 0.717) is 26.1 Å². The van der Waals surface area contributed by atoms with Crippen LogP contribution < -0.4 is 0 Å². The van der Waals surface area contributed by atoms with Crippen LogP contribution in [0, 0.1) is 5.41 Å². The Hall–Kier alpha value is 0.340. The fourth-order valence-electron chi connectivity index (χ4n) is 3.15. The first kappa shape index (κ1) is 25.6. The largest absolute Gasteiger partial charge is 0.465 e. The number of hydrogen-bond donors (Lipinski definition) is 0. The smallest absolute Gasteiger partial charge is 0.305 e. The molecule has 0 aromatic carbocycles. The summed E-state index contributed by atoms with van der Waals surface area (Å²) in [6.07, 6.45) is 9.93. The minimum atomic E-state index is -0.346. The first-order valence-electron chi connectivity index (χ1n) is 10.8. The van der Waals surface area contributed by atoms with Gasteiger partial charge in [0, 0.05) is 40.3 Å². The van der Waals surface area contributed by atoms with Crippen molar-refractivity contribution in [2.24, 2.45) is 5.41 Å². The van der Waals surface area contributed by atoms with Crippen molar-refractivity contribution in [3.05, 3.63) is 0 Å². The molecule has 2 aliphatic heterocycles. The molecular weight excluding hydrogens is 444 g/mol. The van der Waals surface area contributed by atoms with Gasteiger partial charge in [0.2, 0.25) is 0 Å². The molecule has 0 radical (unpaired) electrons. The third-order valence-corrected chi connectivity index (χ3v) is 11.0. The second kappa shape index (κ2) is 14.4. The monoisotopic (exact) mass is 480 g/mol. The molecule has 0 saturated carbocycles. The SMILES string of the molecule is CC(C)(COC(=O)CCCCC1CCSS1)COC(=O)CCCCC1CCSS1. The second-order valence-corrected chi connectivity index (χ2v) is 14.2. The van der Waals surface area contributed by atoms with Gasteiger partial charge < -0.3 is 9.47 Å². The molecule has 2 atom stereocenters. The highest BCUT2D eigenvalue weighted by molar-refractivity contribution is 8.77. The zero-order valence-corrected chi connectivity index (χ0v) is 21.1. The number of esters is 2. The molecule has 0 N–H and O–H groups in total. The molecule has 2 aliphatic rings. The quantitative estimate of drug-likeness (QED) is 0.158. The van der Waals surface area contributed by atoms with E-state index in [1.54, 1.807) is 0 Å². The molecule has 0 bridgehead atoms. The normalized spacial score (nSPS) is 22.0. The van der Waals surface area contributed by atoms with Crippen LogP contribution in [0.25, 0.3) is 0 Å². The predicted molar refractivity (Wildman–Crippen MR) is 130 cm³/mol. The van der Waals surface area contributed by atoms with Crippen LogP contribution in [0.2, 0.25) is 0 Å². The molecule has 0 spiro atoms. The molecule has 2 rings (SSSR count). The van der Waals surface area contributed by atoms with Gasteiger partial charge in [-0.1, -0.05) is 69.9 Å². The Kier molecular flexibility index (Phi) is 12.7. The first-order chi connectivity index (χ1) is 13.9. The standard InChI is InChI=1S/C21H36O4S4/c1-21(2,15-24-19(22)9-5-3-7-17-11-13-26-28-17)16-25-20(23)10-6-4-8-18-12-14-27-29-18/h17-18H,3-16H2,1-2H3. The lowest BCUT2D eigenvalue weighted by molar-refractivity contribution is -0.152. The van der Waals surface area contributed by atoms with Crippen molar-refractivity contribution < 1.29 is 19.1 Å². The maximum Gasteiger partial charge on any atom is 0.305 e. The Morgan fingerprint density at radius 3 is 1.62 bits per heavy atom. The Morgan fingerprint density at radius 2 is 1.24 bits per heavy atom. The van der Waals surface area contributed by atoms with Crippen molar-refractivity contribution in [2.45, 2.75) is 88.6 Å². The van der Waals surface area contributed by atoms with Gasteiger partial charge in [-0.25, -0.2) is 0 Å². The molecule has 29 heavy (non-hydrogen) atoms. The number of carbonyl (C=O) groups excluding carboxylic acids is 2. The number of unbranched alkanes of at least 4 members (excludes halogenated alkanes) is 2. The van der Waals surface area contributed by atoms with Gasteiger partial charge in [-0.15, -0.1) is 0 Å². The van der Waals surface area contributed by atoms with Crippen LogP contribution in [0.15, 0.2) is 0 Å². The van der Waals surface area contributed by atoms with Crippen LogP contribution in [-0.4, -0.2) is 47.2 Å². The Morgan fingerprint density at radius 1 is 0.793 bits per heavy atom. The van der Waals surface area contributed by atoms with E-state index in [2.05, 4.69) is 0 Å². The molecule has 0 aliphatic carbocycles. The average Bonchev–Trinajstić information content (AvgIpc) is 3.40. The molecular formula is C21H36O4S4. The Bertz CT molecular complexity index is 447. The summed E-state index contributed by atoms with van der Waals surface area (Å²) < 4.78 is 10.8. The molecule has 2 unspecified atom stereocenters. The summed E-state index contributed by atoms with van der Waals surface area (Å²) in [5.74, 6) is 2.24. The third kappa shape index (κ3) is 12.1. The number of ether oxygens (including phenoxy) is 2. The van der Waals surface area contributed by atoms with Crippen LogP contribution in [0.4, 0.5) is 0 Å². The summed E-state index contributed by atoms with van der Waals surface area (Å²) in [5, 5.41) is 1.54. The molecule has 2 fully saturated rings. The van der Waals surface area contributed by atoms with Gasteiger partial charge in [0.05, 0.1) is 13.2 Å². The topological polar surface area (TPSA) is 52.6 Å². The number of carbonyl (C=O) groups is 2. The summed E-state index contributed by atoms with van der Waals surface area (Å²) in [4.78, 5) is 23.9. The maximum absolute atomic E-state index is 12.0. The summed E-state index contributed by atoms with van der Waals surface area (Å²) in [7, 11) is 7.91. The molecule has 168 valence electrons. The highest BCUT2D eigenvalue weighted by Crippen LogP contribution is 2.40. The van der Waals surface area contributed by atoms with Crippen molar-refractivity contribution >= 4 is 55.1 Å². The lowest BCUT2D eigenvalue weighted by Crippen LogP contribution is -2.28. The van der Waals surface area contributed by atoms with E-state index in [1.807, 2.05) is 57.0 Å². The highest BCUT2D eigenvalue weighted by Gasteiger charge is 2.23. The summed E-state index contributed by atoms with van der Waals surface area (Å²) in [6.45, 7) is 4.53. The molecule has 0 aromatic rings. The Balaban J connectivity index is 1.45. The van der Waals surface area contributed by atoms with E-state index < -0.39 is 0 Å². The predicted octanol–water partition coefficient (Wildman–Crippen LogP) is 6.53. The molecule has 2 heterocycles. The fourth-order valence-corrected chi connectivity index (χ4v) is 9.20. The molecule has 4 nitrogen and oxygen atoms in total. The number of rotatable bonds is 14. The van der Waals surface area contributed by atoms with E-state index in [-0.39, 0.29) is 17.4 Å². The average molecular weight is 481 g/mol. The van der Waals surface area contributed by atoms with E-state index >= 15 is 0 Å². The van der Waals surface area contributed by atoms with Crippen LogP contribution in [0.1, 0.15) is 78.1 Å². The van der Waals surface area contributed by atoms with Crippen molar-refractivity contribution in [3.63, 3.8) is 0 Å². The molecule has 0 aromatic heterocycles. The Labute approximate surface area is 192 Å². The van der Waals surface area contributed by atoms with Crippen molar-refractivity contribution in [2.75, 3.05) is 24.7 Å². The summed E-state index contributed by atoms with van der Waals surface area (Å²) in [5.41, 5.74) is -0.346. The van der Waals surface area contributed by atoms with Gasteiger partial charge in [-0.2, -0.15) is 0 Å². The van der Waals surface area contributed by atoms with Crippen molar-refractivity contribution in [3.8, 4) is 0 Å². The molecule has 2 saturated heterocycles. The van der Waals surface area contributed by atoms with Crippen LogP contribution in [0.3, 0.4) is 0 Å². The highest BCUT2D eigenvalue weighted by atomic mass is 33.1. The molecule has 0 amide bonds. The second-order valence-electron chi connectivity index (χ2n) is 8.63. The minimum absolute atomic E-state index is 0.138. The lowest BCUT2D eigenvalue weighted by Gasteiger charge is -2.23. The van der Waals surface area contributed by atoms with Gasteiger partial charge >= 0.3 is 11.9 Å². The van der Waals surface area contributed by atoms with Gasteiger partial charge in [0.1, 0.15) is 0 Å². The van der Waals surface area contributed by atoms with Gasteiger partial charge in [0.25, 0.3) is 0 Å². The molecule has 8 heteroatoms. The van der Waals surface area contributed by atoms with Crippen LogP contribution in [-0.2, 0) is 19.1 Å². The number of hydrogen-bond acceptors (Lipinski definition) is 8. The van der Waals surface area contributed by atoms with E-state index in [4.69, 9.17) is 9.47 Å². The third-order valence-electron chi connectivity index (χ3n) is 5.02. The first-order valence-corrected chi connectivity index (χ1v) is 15.6. The van der Waals surface area contributed by atoms with E-state index in [9.17, 15) is 9.59 Å². The van der Waals surface area contributed by atoms with Crippen molar-refractivity contribution in [1.82, 2.24) is 0 Å². The van der Waals surface area contributed by atoms with Crippen LogP contribution >= 0.6 is 43.2 Å². The van der Waals surface area contributed by atoms with E-state index in [0.717, 1.165) is 36.2 Å². The van der Waals surface area contributed by atoms with Crippen molar-refractivity contribution in [1.29, 1.82) is 0 Å². The van der Waals surface area contributed by atoms with Crippen LogP contribution in [0.5, 0.6) is 0 Å². The maximum atomic E-state index is 12.0. The van der Waals surface area contributed by atoms with Gasteiger partial charge in [-0.05, 0) is 38.5 Å². The fraction of sp³-hybridized carbons (Fsp3) is 0.905. The summed E-state index contributed by atoms with van der Waals surface area (Å²) >= 11 is 0. The minimum Gasteiger partial charge on any atom is -0.465 e. The zero-order valence-electron chi connectivity index (χ0n) is 17.8.